The van der Waals surface area contributed by atoms with Gasteiger partial charge < -0.3 is 9.80 Å². The summed E-state index contributed by atoms with van der Waals surface area (Å²) in [5.74, 6) is 3.67. The summed E-state index contributed by atoms with van der Waals surface area (Å²) >= 11 is 1.57. The number of amides is 2. The predicted octanol–water partition coefficient (Wildman–Crippen LogP) is 5.53. The van der Waals surface area contributed by atoms with E-state index in [4.69, 9.17) is 0 Å². The van der Waals surface area contributed by atoms with Crippen molar-refractivity contribution in [3.8, 4) is 0 Å². The van der Waals surface area contributed by atoms with Gasteiger partial charge in [-0.15, -0.1) is 0 Å². The zero-order chi connectivity index (χ0) is 25.7. The van der Waals surface area contributed by atoms with Gasteiger partial charge in [-0.3, -0.25) is 14.5 Å². The van der Waals surface area contributed by atoms with Crippen molar-refractivity contribution >= 4 is 39.8 Å². The Morgan fingerprint density at radius 2 is 1.75 bits per heavy atom. The Bertz CT molecular complexity index is 1000. The molecule has 0 saturated heterocycles. The van der Waals surface area contributed by atoms with E-state index in [1.54, 1.807) is 11.5 Å². The molecule has 1 aromatic heterocycles. The minimum atomic E-state index is 0.127. The van der Waals surface area contributed by atoms with Crippen molar-refractivity contribution in [2.24, 2.45) is 29.6 Å². The number of fused-ring (bicyclic) bond motifs is 3. The zero-order valence-electron chi connectivity index (χ0n) is 22.6. The quantitative estimate of drug-likeness (QED) is 0.436. The van der Waals surface area contributed by atoms with Crippen LogP contribution in [-0.4, -0.2) is 67.3 Å². The first-order chi connectivity index (χ1) is 17.4. The second-order valence-electron chi connectivity index (χ2n) is 11.5. The Morgan fingerprint density at radius 3 is 2.42 bits per heavy atom. The highest BCUT2D eigenvalue weighted by molar-refractivity contribution is 7.13. The van der Waals surface area contributed by atoms with Gasteiger partial charge in [0.25, 0.3) is 0 Å². The maximum atomic E-state index is 12.7. The number of rotatable bonds is 8. The van der Waals surface area contributed by atoms with E-state index in [0.29, 0.717) is 24.3 Å². The third-order valence-electron chi connectivity index (χ3n) is 8.81. The minimum Gasteiger partial charge on any atom is -0.357 e. The smallest absolute Gasteiger partial charge is 0.232 e. The van der Waals surface area contributed by atoms with E-state index < -0.39 is 0 Å². The standard InChI is InChI=1S/C17H27NO2.C12H17N3S/c1-12-14-7-8-15(9-14)16(12)17(20)18(11-19)10-13-5-3-2-4-6-13;1-14(2)8-9-15(3)12-10-6-4-5-7-11(10)16-13-12/h11-16H,2-10H2,1H3;4-7H,8-9H2,1-3H3/t12-,14?,15?,16-;/m0./s1. The molecule has 2 aromatic rings. The number of imide groups is 1. The summed E-state index contributed by atoms with van der Waals surface area (Å²) in [5.41, 5.74) is 0. The fraction of sp³-hybridized carbons (Fsp3) is 0.690. The van der Waals surface area contributed by atoms with Crippen LogP contribution in [0.1, 0.15) is 58.3 Å². The van der Waals surface area contributed by atoms with Gasteiger partial charge in [-0.2, -0.15) is 4.37 Å². The summed E-state index contributed by atoms with van der Waals surface area (Å²) in [6, 6.07) is 8.39. The Hall–Kier alpha value is -1.99. The van der Waals surface area contributed by atoms with Gasteiger partial charge in [0, 0.05) is 38.0 Å². The molecule has 3 fully saturated rings. The summed E-state index contributed by atoms with van der Waals surface area (Å²) in [6.45, 7) is 4.93. The van der Waals surface area contributed by atoms with E-state index in [1.807, 2.05) is 0 Å². The number of nitrogens with zero attached hydrogens (tertiary/aromatic N) is 4. The van der Waals surface area contributed by atoms with Gasteiger partial charge in [-0.05, 0) is 93.5 Å². The lowest BCUT2D eigenvalue weighted by molar-refractivity contribution is -0.145. The fourth-order valence-corrected chi connectivity index (χ4v) is 7.45. The van der Waals surface area contributed by atoms with E-state index in [0.717, 1.165) is 31.2 Å². The molecule has 2 bridgehead atoms. The van der Waals surface area contributed by atoms with Crippen LogP contribution in [0.25, 0.3) is 10.1 Å². The molecule has 2 amide bonds. The summed E-state index contributed by atoms with van der Waals surface area (Å²) < 4.78 is 5.78. The SMILES string of the molecule is CN(C)CCN(C)c1nsc2ccccc12.C[C@H]1C2CCC(C2)[C@H]1C(=O)N(C=O)CC1CCCCC1. The Balaban J connectivity index is 0.000000174. The van der Waals surface area contributed by atoms with Crippen molar-refractivity contribution in [3.05, 3.63) is 24.3 Å². The molecular formula is C29H44N4O2S. The van der Waals surface area contributed by atoms with E-state index in [-0.39, 0.29) is 11.8 Å². The number of anilines is 1. The van der Waals surface area contributed by atoms with Crippen molar-refractivity contribution < 1.29 is 9.59 Å². The number of likely N-dealkylation sites (N-methyl/N-ethyl adjacent to an activating group) is 2. The normalized spacial score (nSPS) is 25.6. The van der Waals surface area contributed by atoms with E-state index in [9.17, 15) is 9.59 Å². The molecule has 0 N–H and O–H groups in total. The van der Waals surface area contributed by atoms with Crippen LogP contribution < -0.4 is 4.90 Å². The van der Waals surface area contributed by atoms with Gasteiger partial charge in [-0.1, -0.05) is 38.3 Å². The molecule has 6 nitrogen and oxygen atoms in total. The molecular weight excluding hydrogens is 468 g/mol. The van der Waals surface area contributed by atoms with Crippen molar-refractivity contribution in [1.29, 1.82) is 0 Å². The first kappa shape index (κ1) is 27.1. The van der Waals surface area contributed by atoms with Crippen LogP contribution in [0.2, 0.25) is 0 Å². The minimum absolute atomic E-state index is 0.127. The predicted molar refractivity (Wildman–Crippen MR) is 149 cm³/mol. The molecule has 0 spiro atoms. The third-order valence-corrected chi connectivity index (χ3v) is 9.63. The lowest BCUT2D eigenvalue weighted by atomic mass is 9.79. The van der Waals surface area contributed by atoms with Gasteiger partial charge in [0.2, 0.25) is 12.3 Å². The monoisotopic (exact) mass is 512 g/mol. The van der Waals surface area contributed by atoms with Crippen LogP contribution in [0.15, 0.2) is 24.3 Å². The highest BCUT2D eigenvalue weighted by Gasteiger charge is 2.49. The highest BCUT2D eigenvalue weighted by Crippen LogP contribution is 2.52. The number of hydrogen-bond acceptors (Lipinski definition) is 6. The van der Waals surface area contributed by atoms with E-state index >= 15 is 0 Å². The first-order valence-electron chi connectivity index (χ1n) is 13.8. The molecule has 1 aromatic carbocycles. The van der Waals surface area contributed by atoms with Crippen LogP contribution in [-0.2, 0) is 9.59 Å². The van der Waals surface area contributed by atoms with Gasteiger partial charge in [0.15, 0.2) is 0 Å². The largest absolute Gasteiger partial charge is 0.357 e. The van der Waals surface area contributed by atoms with Gasteiger partial charge in [0.1, 0.15) is 5.82 Å². The van der Waals surface area contributed by atoms with Crippen molar-refractivity contribution in [1.82, 2.24) is 14.2 Å². The lowest BCUT2D eigenvalue weighted by Gasteiger charge is -2.32. The molecule has 36 heavy (non-hydrogen) atoms. The van der Waals surface area contributed by atoms with Gasteiger partial charge in [-0.25, -0.2) is 0 Å². The Morgan fingerprint density at radius 1 is 1.03 bits per heavy atom. The molecule has 4 atom stereocenters. The number of hydrogen-bond donors (Lipinski definition) is 0. The second-order valence-corrected chi connectivity index (χ2v) is 12.4. The van der Waals surface area contributed by atoms with Crippen LogP contribution >= 0.6 is 11.5 Å². The number of benzene rings is 1. The Labute approximate surface area is 221 Å². The van der Waals surface area contributed by atoms with Crippen LogP contribution in [0.5, 0.6) is 0 Å². The van der Waals surface area contributed by atoms with Crippen molar-refractivity contribution in [3.63, 3.8) is 0 Å². The average Bonchev–Trinajstić information content (AvgIpc) is 3.61. The fourth-order valence-electron chi connectivity index (χ4n) is 6.63. The van der Waals surface area contributed by atoms with E-state index in [2.05, 4.69) is 66.5 Å². The van der Waals surface area contributed by atoms with Crippen molar-refractivity contribution in [2.75, 3.05) is 45.7 Å². The Kier molecular flexibility index (Phi) is 9.40. The van der Waals surface area contributed by atoms with Gasteiger partial charge >= 0.3 is 0 Å². The first-order valence-corrected chi connectivity index (χ1v) is 14.6. The van der Waals surface area contributed by atoms with Crippen LogP contribution in [0, 0.1) is 29.6 Å². The topological polar surface area (TPSA) is 56.8 Å². The third kappa shape index (κ3) is 6.28. The number of carbonyl (C=O) groups is 2. The molecule has 198 valence electrons. The molecule has 3 saturated carbocycles. The summed E-state index contributed by atoms with van der Waals surface area (Å²) in [7, 11) is 6.28. The zero-order valence-corrected chi connectivity index (χ0v) is 23.4. The molecule has 3 aliphatic carbocycles. The molecule has 5 rings (SSSR count). The van der Waals surface area contributed by atoms with E-state index in [1.165, 1.54) is 66.4 Å². The maximum absolute atomic E-state index is 12.7. The average molecular weight is 513 g/mol. The molecule has 3 aliphatic rings. The van der Waals surface area contributed by atoms with Crippen molar-refractivity contribution in [2.45, 2.75) is 58.3 Å². The highest BCUT2D eigenvalue weighted by atomic mass is 32.1. The van der Waals surface area contributed by atoms with Gasteiger partial charge in [0.05, 0.1) is 4.70 Å². The summed E-state index contributed by atoms with van der Waals surface area (Å²) in [6.07, 6.45) is 10.7. The lowest BCUT2D eigenvalue weighted by Crippen LogP contribution is -2.42. The second kappa shape index (κ2) is 12.5. The maximum Gasteiger partial charge on any atom is 0.232 e. The summed E-state index contributed by atoms with van der Waals surface area (Å²) in [4.78, 5) is 30.1. The number of carbonyl (C=O) groups excluding carboxylic acids is 2. The number of aromatic nitrogens is 1. The molecule has 1 heterocycles. The van der Waals surface area contributed by atoms with Crippen LogP contribution in [0.3, 0.4) is 0 Å². The molecule has 2 unspecified atom stereocenters. The molecule has 0 aliphatic heterocycles. The molecule has 0 radical (unpaired) electrons. The van der Waals surface area contributed by atoms with Crippen LogP contribution in [0.4, 0.5) is 5.82 Å². The molecule has 7 heteroatoms. The summed E-state index contributed by atoms with van der Waals surface area (Å²) in [5, 5.41) is 1.26.